The van der Waals surface area contributed by atoms with E-state index in [0.29, 0.717) is 16.9 Å². The molecule has 2 aromatic carbocycles. The highest BCUT2D eigenvalue weighted by molar-refractivity contribution is 7.84. The quantitative estimate of drug-likeness (QED) is 0.809. The molecule has 0 saturated heterocycles. The van der Waals surface area contributed by atoms with Crippen LogP contribution in [0.4, 0.5) is 0 Å². The zero-order valence-corrected chi connectivity index (χ0v) is 11.8. The van der Waals surface area contributed by atoms with Crippen LogP contribution in [0.2, 0.25) is 0 Å². The molecule has 1 aliphatic heterocycles. The zero-order valence-electron chi connectivity index (χ0n) is 11.0. The Morgan fingerprint density at radius 2 is 1.55 bits per heavy atom. The van der Waals surface area contributed by atoms with Gasteiger partial charge in [0.25, 0.3) is 11.8 Å². The number of imide groups is 1. The fourth-order valence-corrected chi connectivity index (χ4v) is 2.94. The largest absolute Gasteiger partial charge is 0.273 e. The highest BCUT2D eigenvalue weighted by Gasteiger charge is 2.32. The highest BCUT2D eigenvalue weighted by atomic mass is 32.2. The number of carbonyl (C=O) groups excluding carboxylic acids is 2. The van der Waals surface area contributed by atoms with E-state index in [1.54, 1.807) is 18.4 Å². The van der Waals surface area contributed by atoms with Gasteiger partial charge in [0.15, 0.2) is 0 Å². The molecule has 5 heteroatoms. The minimum Gasteiger partial charge on any atom is -0.273 e. The average molecular weight is 287 g/mol. The Labute approximate surface area is 118 Å². The summed E-state index contributed by atoms with van der Waals surface area (Å²) < 4.78 is 11.2. The Hall–Kier alpha value is -2.01. The van der Waals surface area contributed by atoms with Gasteiger partial charge in [-0.2, -0.15) is 0 Å². The second-order valence-electron chi connectivity index (χ2n) is 4.75. The molecule has 1 atom stereocenters. The van der Waals surface area contributed by atoms with E-state index in [1.807, 2.05) is 24.3 Å². The smallest absolute Gasteiger partial charge is 0.261 e. The molecule has 1 heterocycles. The third kappa shape index (κ3) is 1.94. The van der Waals surface area contributed by atoms with Crippen LogP contribution in [0.25, 0.3) is 10.8 Å². The van der Waals surface area contributed by atoms with E-state index >= 15 is 0 Å². The Morgan fingerprint density at radius 1 is 1.00 bits per heavy atom. The molecule has 2 amide bonds. The molecule has 20 heavy (non-hydrogen) atoms. The molecule has 1 aliphatic rings. The number of amides is 2. The summed E-state index contributed by atoms with van der Waals surface area (Å²) in [6, 6.07) is 10.9. The van der Waals surface area contributed by atoms with Crippen LogP contribution in [0.3, 0.4) is 0 Å². The van der Waals surface area contributed by atoms with Crippen LogP contribution < -0.4 is 0 Å². The fourth-order valence-electron chi connectivity index (χ4n) is 2.50. The molecular formula is C15H13NO3S. The monoisotopic (exact) mass is 287 g/mol. The molecule has 3 rings (SSSR count). The van der Waals surface area contributed by atoms with Crippen molar-refractivity contribution >= 4 is 33.4 Å². The van der Waals surface area contributed by atoms with Gasteiger partial charge in [0.1, 0.15) is 0 Å². The van der Waals surface area contributed by atoms with E-state index in [9.17, 15) is 13.8 Å². The van der Waals surface area contributed by atoms with Crippen molar-refractivity contribution in [3.05, 3.63) is 47.5 Å². The van der Waals surface area contributed by atoms with Crippen molar-refractivity contribution in [3.8, 4) is 0 Å². The van der Waals surface area contributed by atoms with Gasteiger partial charge < -0.3 is 0 Å². The molecule has 0 N–H and O–H groups in total. The summed E-state index contributed by atoms with van der Waals surface area (Å²) in [5, 5.41) is 1.61. The van der Waals surface area contributed by atoms with Gasteiger partial charge in [-0.1, -0.05) is 24.3 Å². The van der Waals surface area contributed by atoms with Crippen LogP contribution in [-0.4, -0.2) is 39.5 Å². The van der Waals surface area contributed by atoms with Gasteiger partial charge in [-0.3, -0.25) is 18.7 Å². The van der Waals surface area contributed by atoms with Gasteiger partial charge in [-0.05, 0) is 17.5 Å². The molecule has 0 bridgehead atoms. The Bertz CT molecular complexity index is 703. The van der Waals surface area contributed by atoms with Crippen LogP contribution in [0.1, 0.15) is 20.7 Å². The molecule has 4 nitrogen and oxygen atoms in total. The van der Waals surface area contributed by atoms with Crippen molar-refractivity contribution in [2.24, 2.45) is 0 Å². The minimum absolute atomic E-state index is 0.186. The third-order valence-corrected chi connectivity index (χ3v) is 4.22. The summed E-state index contributed by atoms with van der Waals surface area (Å²) in [6.45, 7) is 0.186. The maximum absolute atomic E-state index is 12.4. The van der Waals surface area contributed by atoms with E-state index in [0.717, 1.165) is 10.8 Å². The zero-order chi connectivity index (χ0) is 14.3. The number of hydrogen-bond donors (Lipinski definition) is 0. The van der Waals surface area contributed by atoms with Crippen molar-refractivity contribution in [2.45, 2.75) is 0 Å². The van der Waals surface area contributed by atoms with Crippen LogP contribution in [0.15, 0.2) is 36.4 Å². The summed E-state index contributed by atoms with van der Waals surface area (Å²) in [7, 11) is -1.04. The SMILES string of the molecule is CS(=O)CCN1C(=O)c2cccc3cccc(c23)C1=O. The number of nitrogens with zero attached hydrogens (tertiary/aromatic N) is 1. The molecular weight excluding hydrogens is 274 g/mol. The van der Waals surface area contributed by atoms with Crippen LogP contribution in [0.5, 0.6) is 0 Å². The van der Waals surface area contributed by atoms with Gasteiger partial charge >= 0.3 is 0 Å². The van der Waals surface area contributed by atoms with Gasteiger partial charge in [0, 0.05) is 45.9 Å². The van der Waals surface area contributed by atoms with E-state index in [1.165, 1.54) is 4.90 Å². The lowest BCUT2D eigenvalue weighted by molar-refractivity contribution is 0.0621. The van der Waals surface area contributed by atoms with Crippen LogP contribution >= 0.6 is 0 Å². The minimum atomic E-state index is -1.04. The first-order valence-corrected chi connectivity index (χ1v) is 8.00. The van der Waals surface area contributed by atoms with Crippen LogP contribution in [0, 0.1) is 0 Å². The Morgan fingerprint density at radius 3 is 2.05 bits per heavy atom. The van der Waals surface area contributed by atoms with E-state index in [-0.39, 0.29) is 18.4 Å². The first-order valence-electron chi connectivity index (χ1n) is 6.27. The lowest BCUT2D eigenvalue weighted by Crippen LogP contribution is -2.42. The number of carbonyl (C=O) groups is 2. The van der Waals surface area contributed by atoms with Crippen molar-refractivity contribution in [1.29, 1.82) is 0 Å². The topological polar surface area (TPSA) is 54.5 Å². The lowest BCUT2D eigenvalue weighted by Gasteiger charge is -2.26. The predicted octanol–water partition coefficient (Wildman–Crippen LogP) is 1.81. The molecule has 0 radical (unpaired) electrons. The van der Waals surface area contributed by atoms with Gasteiger partial charge in [0.2, 0.25) is 0 Å². The maximum atomic E-state index is 12.4. The van der Waals surface area contributed by atoms with E-state index in [2.05, 4.69) is 0 Å². The van der Waals surface area contributed by atoms with E-state index in [4.69, 9.17) is 0 Å². The molecule has 0 aromatic heterocycles. The van der Waals surface area contributed by atoms with Gasteiger partial charge in [0.05, 0.1) is 0 Å². The standard InChI is InChI=1S/C15H13NO3S/c1-20(19)9-8-16-14(17)11-6-2-4-10-5-3-7-12(13(10)11)15(16)18/h2-7H,8-9H2,1H3. The third-order valence-electron chi connectivity index (χ3n) is 3.46. The maximum Gasteiger partial charge on any atom is 0.261 e. The predicted molar refractivity (Wildman–Crippen MR) is 78.2 cm³/mol. The fraction of sp³-hybridized carbons (Fsp3) is 0.200. The summed E-state index contributed by atoms with van der Waals surface area (Å²) >= 11 is 0. The molecule has 0 spiro atoms. The highest BCUT2D eigenvalue weighted by Crippen LogP contribution is 2.29. The molecule has 1 unspecified atom stereocenters. The lowest BCUT2D eigenvalue weighted by atomic mass is 9.94. The first-order chi connectivity index (χ1) is 9.59. The van der Waals surface area contributed by atoms with Crippen LogP contribution in [-0.2, 0) is 10.8 Å². The Kier molecular flexibility index (Phi) is 3.14. The van der Waals surface area contributed by atoms with Crippen molar-refractivity contribution < 1.29 is 13.8 Å². The number of benzene rings is 2. The molecule has 0 aliphatic carbocycles. The summed E-state index contributed by atoms with van der Waals surface area (Å²) in [5.41, 5.74) is 1.08. The van der Waals surface area contributed by atoms with Gasteiger partial charge in [-0.15, -0.1) is 0 Å². The second-order valence-corrected chi connectivity index (χ2v) is 6.30. The molecule has 102 valence electrons. The summed E-state index contributed by atoms with van der Waals surface area (Å²) in [5.74, 6) is -0.301. The van der Waals surface area contributed by atoms with Crippen molar-refractivity contribution in [3.63, 3.8) is 0 Å². The van der Waals surface area contributed by atoms with Crippen molar-refractivity contribution in [2.75, 3.05) is 18.6 Å². The molecule has 2 aromatic rings. The average Bonchev–Trinajstić information content (AvgIpc) is 2.44. The van der Waals surface area contributed by atoms with E-state index < -0.39 is 10.8 Å². The normalized spacial score (nSPS) is 15.8. The number of hydrogen-bond acceptors (Lipinski definition) is 3. The molecule has 0 fully saturated rings. The van der Waals surface area contributed by atoms with Crippen molar-refractivity contribution in [1.82, 2.24) is 4.90 Å². The number of rotatable bonds is 3. The van der Waals surface area contributed by atoms with Gasteiger partial charge in [-0.25, -0.2) is 0 Å². The summed E-state index contributed by atoms with van der Waals surface area (Å²) in [4.78, 5) is 26.1. The molecule has 0 saturated carbocycles. The Balaban J connectivity index is 2.14. The second kappa shape index (κ2) is 4.83. The first kappa shape index (κ1) is 13.0. The summed E-state index contributed by atoms with van der Waals surface area (Å²) in [6.07, 6.45) is 1.56.